The number of rotatable bonds is 5. The molecule has 1 N–H and O–H groups in total. The summed E-state index contributed by atoms with van der Waals surface area (Å²) >= 11 is 0. The zero-order chi connectivity index (χ0) is 20.1. The van der Waals surface area contributed by atoms with Gasteiger partial charge in [0.15, 0.2) is 12.3 Å². The Bertz CT molecular complexity index is 900. The molecule has 1 fully saturated rings. The van der Waals surface area contributed by atoms with Crippen LogP contribution in [0, 0.1) is 0 Å². The predicted octanol–water partition coefficient (Wildman–Crippen LogP) is 2.39. The number of amides is 2. The van der Waals surface area contributed by atoms with Gasteiger partial charge >= 0.3 is 0 Å². The van der Waals surface area contributed by atoms with Crippen LogP contribution in [0.1, 0.15) is 53.8 Å². The van der Waals surface area contributed by atoms with E-state index in [9.17, 15) is 9.59 Å². The van der Waals surface area contributed by atoms with Crippen molar-refractivity contribution in [2.24, 2.45) is 5.16 Å². The fraction of sp³-hybridized carbons (Fsp3) is 0.450. The van der Waals surface area contributed by atoms with Gasteiger partial charge in [-0.2, -0.15) is 0 Å². The lowest BCUT2D eigenvalue weighted by molar-refractivity contribution is -0.120. The first-order valence-corrected chi connectivity index (χ1v) is 9.90. The molecule has 9 heteroatoms. The first kappa shape index (κ1) is 19.1. The zero-order valence-corrected chi connectivity index (χ0v) is 16.1. The number of oxime groups is 1. The molecule has 0 bridgehead atoms. The van der Waals surface area contributed by atoms with Gasteiger partial charge in [0.25, 0.3) is 11.8 Å². The lowest BCUT2D eigenvalue weighted by Crippen LogP contribution is -2.35. The standard InChI is InChI=1S/C20H23N5O4/c26-18(13-28-22-16-5-4-6-17-19(16)24-29-23-17)21-15-9-7-14(8-10-15)20(27)25-11-2-1-3-12-25/h7-10H,1-6,11-13H2,(H,21,26)/b22-16-. The van der Waals surface area contributed by atoms with Gasteiger partial charge in [-0.05, 0) is 67.9 Å². The average Bonchev–Trinajstić information content (AvgIpc) is 3.24. The highest BCUT2D eigenvalue weighted by Crippen LogP contribution is 2.18. The Morgan fingerprint density at radius 1 is 1.07 bits per heavy atom. The first-order valence-electron chi connectivity index (χ1n) is 9.90. The molecule has 0 atom stereocenters. The van der Waals surface area contributed by atoms with E-state index in [4.69, 9.17) is 9.47 Å². The molecule has 4 rings (SSSR count). The second-order valence-electron chi connectivity index (χ2n) is 7.20. The number of benzene rings is 1. The summed E-state index contributed by atoms with van der Waals surface area (Å²) in [7, 11) is 0. The maximum Gasteiger partial charge on any atom is 0.265 e. The second kappa shape index (κ2) is 8.85. The summed E-state index contributed by atoms with van der Waals surface area (Å²) in [6, 6.07) is 6.90. The maximum absolute atomic E-state index is 12.5. The number of anilines is 1. The van der Waals surface area contributed by atoms with Crippen molar-refractivity contribution in [2.75, 3.05) is 25.0 Å². The number of carbonyl (C=O) groups is 2. The number of hydrogen-bond donors (Lipinski definition) is 1. The summed E-state index contributed by atoms with van der Waals surface area (Å²) in [5.74, 6) is -0.297. The molecule has 2 heterocycles. The third-order valence-corrected chi connectivity index (χ3v) is 5.09. The first-order chi connectivity index (χ1) is 14.2. The molecule has 0 radical (unpaired) electrons. The molecule has 1 saturated heterocycles. The van der Waals surface area contributed by atoms with Crippen molar-refractivity contribution in [1.82, 2.24) is 15.2 Å². The number of piperidine rings is 1. The quantitative estimate of drug-likeness (QED) is 0.776. The van der Waals surface area contributed by atoms with Crippen LogP contribution >= 0.6 is 0 Å². The maximum atomic E-state index is 12.5. The van der Waals surface area contributed by atoms with E-state index >= 15 is 0 Å². The summed E-state index contributed by atoms with van der Waals surface area (Å²) < 4.78 is 4.73. The number of nitrogens with zero attached hydrogens (tertiary/aromatic N) is 4. The van der Waals surface area contributed by atoms with Gasteiger partial charge in [0.1, 0.15) is 11.4 Å². The van der Waals surface area contributed by atoms with Crippen molar-refractivity contribution in [3.8, 4) is 0 Å². The highest BCUT2D eigenvalue weighted by Gasteiger charge is 2.22. The van der Waals surface area contributed by atoms with Crippen LogP contribution in [0.15, 0.2) is 34.1 Å². The predicted molar refractivity (Wildman–Crippen MR) is 105 cm³/mol. The third-order valence-electron chi connectivity index (χ3n) is 5.09. The van der Waals surface area contributed by atoms with E-state index in [0.717, 1.165) is 44.5 Å². The van der Waals surface area contributed by atoms with Crippen molar-refractivity contribution in [2.45, 2.75) is 38.5 Å². The van der Waals surface area contributed by atoms with Gasteiger partial charge in [-0.25, -0.2) is 4.63 Å². The molecule has 29 heavy (non-hydrogen) atoms. The topological polar surface area (TPSA) is 110 Å². The van der Waals surface area contributed by atoms with E-state index in [1.54, 1.807) is 24.3 Å². The monoisotopic (exact) mass is 397 g/mol. The zero-order valence-electron chi connectivity index (χ0n) is 16.1. The van der Waals surface area contributed by atoms with E-state index in [1.165, 1.54) is 6.42 Å². The minimum atomic E-state index is -0.334. The molecule has 1 aromatic heterocycles. The van der Waals surface area contributed by atoms with Crippen LogP contribution in [0.3, 0.4) is 0 Å². The molecule has 0 saturated carbocycles. The Hall–Kier alpha value is -3.23. The Kier molecular flexibility index (Phi) is 5.83. The summed E-state index contributed by atoms with van der Waals surface area (Å²) in [6.07, 6.45) is 5.68. The second-order valence-corrected chi connectivity index (χ2v) is 7.20. The van der Waals surface area contributed by atoms with Crippen LogP contribution in [0.2, 0.25) is 0 Å². The smallest absolute Gasteiger partial charge is 0.265 e. The van der Waals surface area contributed by atoms with Crippen LogP contribution < -0.4 is 5.32 Å². The van der Waals surface area contributed by atoms with E-state index in [1.807, 2.05) is 4.90 Å². The molecular weight excluding hydrogens is 374 g/mol. The number of hydrogen-bond acceptors (Lipinski definition) is 7. The molecule has 9 nitrogen and oxygen atoms in total. The Morgan fingerprint density at radius 2 is 1.86 bits per heavy atom. The normalized spacial score (nSPS) is 17.7. The van der Waals surface area contributed by atoms with Gasteiger partial charge in [0.2, 0.25) is 0 Å². The number of aryl methyl sites for hydroxylation is 1. The van der Waals surface area contributed by atoms with Gasteiger partial charge < -0.3 is 15.1 Å². The van der Waals surface area contributed by atoms with Crippen LogP contribution in [0.25, 0.3) is 0 Å². The van der Waals surface area contributed by atoms with E-state index in [0.29, 0.717) is 29.1 Å². The van der Waals surface area contributed by atoms with Crippen LogP contribution in [0.4, 0.5) is 5.69 Å². The molecule has 0 unspecified atom stereocenters. The molecule has 152 valence electrons. The molecule has 1 aromatic carbocycles. The van der Waals surface area contributed by atoms with Crippen molar-refractivity contribution in [1.29, 1.82) is 0 Å². The highest BCUT2D eigenvalue weighted by atomic mass is 16.6. The number of fused-ring (bicyclic) bond motifs is 1. The van der Waals surface area contributed by atoms with Gasteiger partial charge in [-0.15, -0.1) is 0 Å². The van der Waals surface area contributed by atoms with Crippen molar-refractivity contribution >= 4 is 23.2 Å². The highest BCUT2D eigenvalue weighted by molar-refractivity contribution is 6.00. The van der Waals surface area contributed by atoms with Gasteiger partial charge in [0.05, 0.1) is 0 Å². The van der Waals surface area contributed by atoms with Crippen molar-refractivity contribution in [3.63, 3.8) is 0 Å². The van der Waals surface area contributed by atoms with E-state index < -0.39 is 0 Å². The number of likely N-dealkylation sites (tertiary alicyclic amines) is 1. The third kappa shape index (κ3) is 4.61. The fourth-order valence-electron chi connectivity index (χ4n) is 3.56. The molecular formula is C20H23N5O4. The Balaban J connectivity index is 1.28. The van der Waals surface area contributed by atoms with Gasteiger partial charge in [-0.1, -0.05) is 10.3 Å². The minimum absolute atomic E-state index is 0.0379. The van der Waals surface area contributed by atoms with E-state index in [-0.39, 0.29) is 18.4 Å². The number of aromatic nitrogens is 2. The lowest BCUT2D eigenvalue weighted by Gasteiger charge is -2.26. The van der Waals surface area contributed by atoms with Crippen LogP contribution in [0.5, 0.6) is 0 Å². The summed E-state index contributed by atoms with van der Waals surface area (Å²) in [5, 5.41) is 14.4. The molecule has 2 aromatic rings. The summed E-state index contributed by atoms with van der Waals surface area (Å²) in [4.78, 5) is 31.6. The molecule has 0 spiro atoms. The Morgan fingerprint density at radius 3 is 2.66 bits per heavy atom. The summed E-state index contributed by atoms with van der Waals surface area (Å²) in [6.45, 7) is 1.39. The molecule has 2 amide bonds. The van der Waals surface area contributed by atoms with E-state index in [2.05, 4.69) is 20.8 Å². The Labute approximate surface area is 168 Å². The largest absolute Gasteiger partial charge is 0.385 e. The number of carbonyl (C=O) groups excluding carboxylic acids is 2. The SMILES string of the molecule is O=C(CO/N=C1/CCCc2nonc21)Nc1ccc(C(=O)N2CCCCC2)cc1. The molecule has 2 aliphatic rings. The van der Waals surface area contributed by atoms with Gasteiger partial charge in [-0.3, -0.25) is 9.59 Å². The average molecular weight is 397 g/mol. The van der Waals surface area contributed by atoms with Crippen LogP contribution in [-0.4, -0.2) is 52.4 Å². The minimum Gasteiger partial charge on any atom is -0.385 e. The number of nitrogens with one attached hydrogen (secondary N) is 1. The van der Waals surface area contributed by atoms with Gasteiger partial charge in [0, 0.05) is 24.3 Å². The van der Waals surface area contributed by atoms with Crippen molar-refractivity contribution in [3.05, 3.63) is 41.2 Å². The van der Waals surface area contributed by atoms with Crippen molar-refractivity contribution < 1.29 is 19.1 Å². The molecule has 1 aliphatic carbocycles. The molecule has 1 aliphatic heterocycles. The summed E-state index contributed by atoms with van der Waals surface area (Å²) in [5.41, 5.74) is 3.23. The lowest BCUT2D eigenvalue weighted by atomic mass is 9.99. The fourth-order valence-corrected chi connectivity index (χ4v) is 3.56. The van der Waals surface area contributed by atoms with Crippen LogP contribution in [-0.2, 0) is 16.1 Å².